The number of rotatable bonds is 7. The Morgan fingerprint density at radius 3 is 1.71 bits per heavy atom. The maximum absolute atomic E-state index is 6.78. The number of hydrogen-bond donors (Lipinski definition) is 2. The Bertz CT molecular complexity index is 3440. The maximum Gasteiger partial charge on any atom is 0.137 e. The summed E-state index contributed by atoms with van der Waals surface area (Å²) in [4.78, 5) is 5.20. The minimum absolute atomic E-state index is 0.225. The van der Waals surface area contributed by atoms with Crippen LogP contribution in [0.5, 0.6) is 0 Å². The zero-order chi connectivity index (χ0) is 41.0. The average molecular weight is 797 g/mol. The van der Waals surface area contributed by atoms with Crippen molar-refractivity contribution in [3.05, 3.63) is 235 Å². The molecule has 2 unspecified atom stereocenters. The van der Waals surface area contributed by atoms with Gasteiger partial charge in [-0.1, -0.05) is 176 Å². The van der Waals surface area contributed by atoms with Crippen molar-refractivity contribution in [1.82, 2.24) is 15.2 Å². The van der Waals surface area contributed by atoms with Crippen molar-refractivity contribution in [3.8, 4) is 39.1 Å². The van der Waals surface area contributed by atoms with Gasteiger partial charge in [-0.2, -0.15) is 0 Å². The van der Waals surface area contributed by atoms with E-state index in [-0.39, 0.29) is 12.3 Å². The summed E-state index contributed by atoms with van der Waals surface area (Å²) in [5, 5.41) is 12.1. The summed E-state index contributed by atoms with van der Waals surface area (Å²) < 4.78 is 9.19. The molecule has 0 saturated carbocycles. The van der Waals surface area contributed by atoms with Crippen LogP contribution in [0.2, 0.25) is 0 Å². The molecule has 2 atom stereocenters. The molecule has 0 spiro atoms. The van der Waals surface area contributed by atoms with Gasteiger partial charge in [-0.25, -0.2) is 4.99 Å². The summed E-state index contributed by atoms with van der Waals surface area (Å²) in [5.74, 6) is 0.845. The quantitative estimate of drug-likeness (QED) is 0.169. The van der Waals surface area contributed by atoms with E-state index in [4.69, 9.17) is 9.41 Å². The summed E-state index contributed by atoms with van der Waals surface area (Å²) in [6.45, 7) is 0. The van der Waals surface area contributed by atoms with Crippen LogP contribution in [0, 0.1) is 0 Å². The molecule has 0 bridgehead atoms. The third kappa shape index (κ3) is 6.26. The molecule has 5 heteroatoms. The highest BCUT2D eigenvalue weighted by Crippen LogP contribution is 2.42. The third-order valence-corrected chi connectivity index (χ3v) is 12.3. The van der Waals surface area contributed by atoms with Gasteiger partial charge in [0, 0.05) is 27.4 Å². The number of hydrogen-bond acceptors (Lipinski definition) is 4. The van der Waals surface area contributed by atoms with Crippen LogP contribution in [0.3, 0.4) is 0 Å². The number of aliphatic imine (C=N–C) groups is 1. The lowest BCUT2D eigenvalue weighted by atomic mass is 9.99. The van der Waals surface area contributed by atoms with Crippen molar-refractivity contribution < 1.29 is 4.42 Å². The zero-order valence-electron chi connectivity index (χ0n) is 33.7. The second kappa shape index (κ2) is 14.9. The van der Waals surface area contributed by atoms with Crippen LogP contribution in [0.1, 0.15) is 29.0 Å². The number of fused-ring (bicyclic) bond motifs is 7. The predicted molar refractivity (Wildman–Crippen MR) is 256 cm³/mol. The number of nitrogens with zero attached hydrogens (tertiary/aromatic N) is 2. The van der Waals surface area contributed by atoms with E-state index in [1.54, 1.807) is 0 Å². The van der Waals surface area contributed by atoms with Gasteiger partial charge in [0.25, 0.3) is 0 Å². The molecule has 0 amide bonds. The summed E-state index contributed by atoms with van der Waals surface area (Å²) in [6.07, 6.45) is -0.486. The maximum atomic E-state index is 6.78. The zero-order valence-corrected chi connectivity index (χ0v) is 33.7. The highest BCUT2D eigenvalue weighted by Gasteiger charge is 2.27. The molecule has 2 N–H and O–H groups in total. The van der Waals surface area contributed by atoms with Crippen LogP contribution in [0.15, 0.2) is 228 Å². The molecular weight excluding hydrogens is 757 g/mol. The summed E-state index contributed by atoms with van der Waals surface area (Å²) in [5.41, 5.74) is 15.5. The van der Waals surface area contributed by atoms with E-state index in [0.717, 1.165) is 61.2 Å². The fraction of sp³-hybridized carbons (Fsp3) is 0.0351. The Hall–Kier alpha value is -7.99. The molecular formula is C57H40N4O. The monoisotopic (exact) mass is 796 g/mol. The number of benzene rings is 9. The minimum Gasteiger partial charge on any atom is -0.456 e. The molecule has 0 radical (unpaired) electrons. The molecule has 9 aromatic carbocycles. The Morgan fingerprint density at radius 2 is 0.984 bits per heavy atom. The van der Waals surface area contributed by atoms with Gasteiger partial charge in [0.15, 0.2) is 0 Å². The molecule has 294 valence electrons. The molecule has 0 aliphatic carbocycles. The first-order valence-corrected chi connectivity index (χ1v) is 21.2. The molecule has 11 aromatic rings. The summed E-state index contributed by atoms with van der Waals surface area (Å²) in [6, 6.07) is 77.5. The second-order valence-corrected chi connectivity index (χ2v) is 16.0. The first-order chi connectivity index (χ1) is 30.7. The van der Waals surface area contributed by atoms with E-state index in [9.17, 15) is 0 Å². The molecule has 3 heterocycles. The lowest BCUT2D eigenvalue weighted by molar-refractivity contribution is 0.409. The first kappa shape index (κ1) is 35.9. The Morgan fingerprint density at radius 1 is 0.419 bits per heavy atom. The number of amidine groups is 1. The lowest BCUT2D eigenvalue weighted by Gasteiger charge is -2.32. The van der Waals surface area contributed by atoms with Gasteiger partial charge in [-0.3, -0.25) is 5.32 Å². The van der Waals surface area contributed by atoms with Crippen molar-refractivity contribution >= 4 is 49.6 Å². The van der Waals surface area contributed by atoms with Crippen LogP contribution in [-0.4, -0.2) is 10.4 Å². The van der Waals surface area contributed by atoms with E-state index >= 15 is 0 Å². The molecule has 1 aliphatic heterocycles. The molecule has 0 fully saturated rings. The number of para-hydroxylation sites is 1. The number of aromatic nitrogens is 1. The Labute approximate surface area is 359 Å². The topological polar surface area (TPSA) is 54.5 Å². The summed E-state index contributed by atoms with van der Waals surface area (Å²) in [7, 11) is 0. The number of nitrogens with one attached hydrogen (secondary N) is 2. The number of furan rings is 1. The van der Waals surface area contributed by atoms with Gasteiger partial charge in [0.2, 0.25) is 0 Å². The fourth-order valence-electron chi connectivity index (χ4n) is 9.22. The normalized spacial score (nSPS) is 15.3. The molecule has 62 heavy (non-hydrogen) atoms. The van der Waals surface area contributed by atoms with Gasteiger partial charge in [-0.15, -0.1) is 0 Å². The SMILES string of the molecule is c1ccc(C2=NC(c3ccc(-c4ccccc4)cc3)NC(c3ccc4c(c3)oc3ccc5c6ccccc6n(-c6ccc(-c7cccc(-c8ccccc8)c7)cc6)c5c34)N2)cc1. The van der Waals surface area contributed by atoms with E-state index < -0.39 is 0 Å². The van der Waals surface area contributed by atoms with Gasteiger partial charge in [-0.05, 0) is 87.0 Å². The lowest BCUT2D eigenvalue weighted by Crippen LogP contribution is -2.44. The largest absolute Gasteiger partial charge is 0.456 e. The van der Waals surface area contributed by atoms with Gasteiger partial charge >= 0.3 is 0 Å². The Kier molecular flexibility index (Phi) is 8.65. The molecule has 2 aromatic heterocycles. The Balaban J connectivity index is 0.934. The van der Waals surface area contributed by atoms with E-state index in [1.807, 2.05) is 12.1 Å². The third-order valence-electron chi connectivity index (χ3n) is 12.3. The van der Waals surface area contributed by atoms with Crippen molar-refractivity contribution in [2.75, 3.05) is 0 Å². The van der Waals surface area contributed by atoms with Crippen molar-refractivity contribution in [2.45, 2.75) is 12.3 Å². The fourth-order valence-corrected chi connectivity index (χ4v) is 9.22. The van der Waals surface area contributed by atoms with Gasteiger partial charge in [0.1, 0.15) is 29.3 Å². The molecule has 0 saturated heterocycles. The van der Waals surface area contributed by atoms with Gasteiger partial charge in [0.05, 0.1) is 16.4 Å². The summed E-state index contributed by atoms with van der Waals surface area (Å²) >= 11 is 0. The second-order valence-electron chi connectivity index (χ2n) is 16.0. The van der Waals surface area contributed by atoms with Crippen LogP contribution < -0.4 is 10.6 Å². The molecule has 5 nitrogen and oxygen atoms in total. The average Bonchev–Trinajstić information content (AvgIpc) is 3.90. The molecule has 12 rings (SSSR count). The highest BCUT2D eigenvalue weighted by atomic mass is 16.3. The van der Waals surface area contributed by atoms with Gasteiger partial charge < -0.3 is 14.3 Å². The first-order valence-electron chi connectivity index (χ1n) is 21.2. The van der Waals surface area contributed by atoms with Crippen LogP contribution in [-0.2, 0) is 0 Å². The van der Waals surface area contributed by atoms with E-state index in [0.29, 0.717) is 0 Å². The standard InChI is InChI=1S/C57H40N4O/c1-4-13-37(14-5-1)39-23-25-42(26-24-39)56-58-55(41-17-8-3-9-18-41)59-57(60-56)45-29-32-49-52(36-45)62-51-34-33-48-47-21-10-11-22-50(47)61(54(48)53(49)51)46-30-27-40(28-31-46)44-20-12-19-43(35-44)38-15-6-2-7-16-38/h1-36,56-57,60H,(H,58,59). The minimum atomic E-state index is -0.262. The van der Waals surface area contributed by atoms with Crippen LogP contribution in [0.25, 0.3) is 82.8 Å². The van der Waals surface area contributed by atoms with E-state index in [1.165, 1.54) is 44.2 Å². The van der Waals surface area contributed by atoms with Crippen molar-refractivity contribution in [3.63, 3.8) is 0 Å². The van der Waals surface area contributed by atoms with Crippen molar-refractivity contribution in [2.24, 2.45) is 4.99 Å². The smallest absolute Gasteiger partial charge is 0.137 e. The van der Waals surface area contributed by atoms with E-state index in [2.05, 4.69) is 221 Å². The van der Waals surface area contributed by atoms with Crippen LogP contribution in [0.4, 0.5) is 0 Å². The highest BCUT2D eigenvalue weighted by molar-refractivity contribution is 6.24. The van der Waals surface area contributed by atoms with Crippen LogP contribution >= 0.6 is 0 Å². The van der Waals surface area contributed by atoms with Crippen molar-refractivity contribution in [1.29, 1.82) is 0 Å². The molecule has 1 aliphatic rings. The predicted octanol–water partition coefficient (Wildman–Crippen LogP) is 14.0.